The summed E-state index contributed by atoms with van der Waals surface area (Å²) >= 11 is 0. The third kappa shape index (κ3) is 2.44. The van der Waals surface area contributed by atoms with Crippen molar-refractivity contribution in [1.29, 1.82) is 0 Å². The van der Waals surface area contributed by atoms with Gasteiger partial charge in [0.25, 0.3) is 0 Å². The molecular formula is C28H18N2O3. The minimum absolute atomic E-state index is 0.326. The molecule has 0 radical (unpaired) electrons. The zero-order valence-electron chi connectivity index (χ0n) is 17.5. The Morgan fingerprint density at radius 1 is 0.606 bits per heavy atom. The number of aromatic nitrogens is 2. The second-order valence-corrected chi connectivity index (χ2v) is 8.26. The first kappa shape index (κ1) is 18.1. The van der Waals surface area contributed by atoms with E-state index < -0.39 is 5.60 Å². The Kier molecular flexibility index (Phi) is 3.56. The molecule has 0 aliphatic carbocycles. The molecule has 7 rings (SSSR count). The molecule has 33 heavy (non-hydrogen) atoms. The molecule has 0 unspecified atom stereocenters. The summed E-state index contributed by atoms with van der Waals surface area (Å²) < 4.78 is 16.8. The number of hydrogen-bond acceptors (Lipinski definition) is 3. The maximum absolute atomic E-state index is 13.0. The Morgan fingerprint density at radius 2 is 1.15 bits per heavy atom. The second-order valence-electron chi connectivity index (χ2n) is 8.26. The van der Waals surface area contributed by atoms with E-state index in [9.17, 15) is 4.79 Å². The van der Waals surface area contributed by atoms with Gasteiger partial charge >= 0.3 is 5.97 Å². The van der Waals surface area contributed by atoms with Crippen molar-refractivity contribution in [3.8, 4) is 22.9 Å². The van der Waals surface area contributed by atoms with Crippen molar-refractivity contribution in [2.75, 3.05) is 0 Å². The Morgan fingerprint density at radius 3 is 1.73 bits per heavy atom. The lowest BCUT2D eigenvalue weighted by Crippen LogP contribution is -2.33. The third-order valence-electron chi connectivity index (χ3n) is 6.49. The van der Waals surface area contributed by atoms with E-state index in [1.54, 1.807) is 0 Å². The number of benzene rings is 3. The summed E-state index contributed by atoms with van der Waals surface area (Å²) in [5.74, 6) is 1.01. The molecule has 5 heteroatoms. The highest BCUT2D eigenvalue weighted by molar-refractivity contribution is 5.97. The summed E-state index contributed by atoms with van der Waals surface area (Å²) in [6.07, 6.45) is 7.96. The lowest BCUT2D eigenvalue weighted by molar-refractivity contribution is 0.0224. The highest BCUT2D eigenvalue weighted by Gasteiger charge is 2.53. The van der Waals surface area contributed by atoms with Crippen LogP contribution in [0.15, 0.2) is 110 Å². The van der Waals surface area contributed by atoms with Crippen LogP contribution in [0.3, 0.4) is 0 Å². The van der Waals surface area contributed by atoms with Gasteiger partial charge in [-0.15, -0.1) is 0 Å². The summed E-state index contributed by atoms with van der Waals surface area (Å²) in [5.41, 5.74) is 3.94. The van der Waals surface area contributed by atoms with Crippen molar-refractivity contribution in [3.05, 3.63) is 132 Å². The molecule has 0 saturated heterocycles. The summed E-state index contributed by atoms with van der Waals surface area (Å²) in [5, 5.41) is 0. The van der Waals surface area contributed by atoms with Crippen molar-refractivity contribution in [3.63, 3.8) is 0 Å². The summed E-state index contributed by atoms with van der Waals surface area (Å²) in [4.78, 5) is 13.0. The second kappa shape index (κ2) is 6.50. The number of carbonyl (C=O) groups excluding carboxylic acids is 1. The van der Waals surface area contributed by atoms with E-state index in [0.717, 1.165) is 28.1 Å². The number of rotatable bonds is 2. The number of fused-ring (bicyclic) bond motifs is 6. The van der Waals surface area contributed by atoms with Crippen molar-refractivity contribution >= 4 is 5.97 Å². The first-order valence-corrected chi connectivity index (χ1v) is 10.8. The maximum Gasteiger partial charge on any atom is 0.340 e. The predicted molar refractivity (Wildman–Crippen MR) is 123 cm³/mol. The van der Waals surface area contributed by atoms with E-state index in [1.807, 2.05) is 119 Å². The Labute approximate surface area is 190 Å². The fourth-order valence-electron chi connectivity index (χ4n) is 4.99. The normalized spacial score (nSPS) is 14.8. The zero-order chi connectivity index (χ0) is 22.0. The molecule has 0 fully saturated rings. The number of esters is 1. The molecular weight excluding hydrogens is 412 g/mol. The molecule has 0 saturated carbocycles. The van der Waals surface area contributed by atoms with Crippen LogP contribution in [-0.4, -0.2) is 15.1 Å². The van der Waals surface area contributed by atoms with Gasteiger partial charge in [-0.25, -0.2) is 4.79 Å². The van der Waals surface area contributed by atoms with Crippen LogP contribution in [0.25, 0.3) is 11.4 Å². The summed E-state index contributed by atoms with van der Waals surface area (Å²) in [6.45, 7) is 0. The molecule has 0 atom stereocenters. The average molecular weight is 430 g/mol. The molecule has 1 spiro atoms. The van der Waals surface area contributed by atoms with Crippen molar-refractivity contribution in [2.45, 2.75) is 5.60 Å². The van der Waals surface area contributed by atoms with Crippen LogP contribution in [0.2, 0.25) is 0 Å². The van der Waals surface area contributed by atoms with Crippen LogP contribution in [0, 0.1) is 0 Å². The van der Waals surface area contributed by atoms with Gasteiger partial charge < -0.3 is 18.6 Å². The van der Waals surface area contributed by atoms with Crippen LogP contribution in [-0.2, 0) is 10.3 Å². The maximum atomic E-state index is 13.0. The predicted octanol–water partition coefficient (Wildman–Crippen LogP) is 5.84. The van der Waals surface area contributed by atoms with E-state index in [-0.39, 0.29) is 5.97 Å². The largest absolute Gasteiger partial charge is 0.456 e. The zero-order valence-corrected chi connectivity index (χ0v) is 17.5. The molecule has 3 aromatic carbocycles. The summed E-state index contributed by atoms with van der Waals surface area (Å²) in [6, 6.07) is 27.6. The summed E-state index contributed by atoms with van der Waals surface area (Å²) in [7, 11) is 0. The van der Waals surface area contributed by atoms with E-state index in [4.69, 9.17) is 9.47 Å². The van der Waals surface area contributed by atoms with Gasteiger partial charge in [-0.05, 0) is 54.6 Å². The van der Waals surface area contributed by atoms with Gasteiger partial charge in [0.05, 0.1) is 5.56 Å². The fraction of sp³-hybridized carbons (Fsp3) is 0.0357. The molecule has 2 aliphatic heterocycles. The average Bonchev–Trinajstić information content (AvgIpc) is 3.61. The Hall–Kier alpha value is -4.51. The SMILES string of the molecule is O=C1OC2(c3ccc(-n4cccc4)cc3Oc3cc(-n4cccc4)ccc32)c2ccccc21. The minimum atomic E-state index is -1.05. The molecule has 4 heterocycles. The van der Waals surface area contributed by atoms with Gasteiger partial charge in [0.2, 0.25) is 0 Å². The first-order valence-electron chi connectivity index (χ1n) is 10.8. The molecule has 2 aliphatic rings. The van der Waals surface area contributed by atoms with E-state index >= 15 is 0 Å². The fourth-order valence-corrected chi connectivity index (χ4v) is 4.99. The van der Waals surface area contributed by atoms with Gasteiger partial charge in [-0.3, -0.25) is 0 Å². The van der Waals surface area contributed by atoms with Crippen molar-refractivity contribution < 1.29 is 14.3 Å². The van der Waals surface area contributed by atoms with Gasteiger partial charge in [0, 0.05) is 65.0 Å². The van der Waals surface area contributed by atoms with E-state index in [0.29, 0.717) is 17.1 Å². The molecule has 0 bridgehead atoms. The third-order valence-corrected chi connectivity index (χ3v) is 6.49. The van der Waals surface area contributed by atoms with Crippen LogP contribution in [0.5, 0.6) is 11.5 Å². The molecule has 2 aromatic heterocycles. The highest BCUT2D eigenvalue weighted by Crippen LogP contribution is 2.56. The van der Waals surface area contributed by atoms with E-state index in [1.165, 1.54) is 0 Å². The van der Waals surface area contributed by atoms with E-state index in [2.05, 4.69) is 0 Å². The van der Waals surface area contributed by atoms with Crippen molar-refractivity contribution in [1.82, 2.24) is 9.13 Å². The molecule has 158 valence electrons. The Bertz CT molecular complexity index is 1450. The smallest absolute Gasteiger partial charge is 0.340 e. The highest BCUT2D eigenvalue weighted by atomic mass is 16.6. The van der Waals surface area contributed by atoms with Gasteiger partial charge in [0.1, 0.15) is 11.5 Å². The molecule has 5 nitrogen and oxygen atoms in total. The monoisotopic (exact) mass is 430 g/mol. The van der Waals surface area contributed by atoms with Crippen LogP contribution >= 0.6 is 0 Å². The molecule has 0 N–H and O–H groups in total. The lowest BCUT2D eigenvalue weighted by Gasteiger charge is -2.37. The van der Waals surface area contributed by atoms with Gasteiger partial charge in [0.15, 0.2) is 5.60 Å². The molecule has 0 amide bonds. The lowest BCUT2D eigenvalue weighted by atomic mass is 9.77. The minimum Gasteiger partial charge on any atom is -0.456 e. The Balaban J connectivity index is 1.51. The first-order chi connectivity index (χ1) is 16.2. The number of ether oxygens (including phenoxy) is 2. The van der Waals surface area contributed by atoms with Crippen LogP contribution in [0.4, 0.5) is 0 Å². The number of carbonyl (C=O) groups is 1. The van der Waals surface area contributed by atoms with Gasteiger partial charge in [-0.1, -0.05) is 18.2 Å². The van der Waals surface area contributed by atoms with Gasteiger partial charge in [-0.2, -0.15) is 0 Å². The topological polar surface area (TPSA) is 45.4 Å². The molecule has 5 aromatic rings. The standard InChI is InChI=1S/C28H18N2O3/c31-27-21-7-1-2-8-22(21)28(33-27)23-11-9-19(29-13-3-4-14-29)17-25(23)32-26-18-20(10-12-24(26)28)30-15-5-6-16-30/h1-18H. The quantitative estimate of drug-likeness (QED) is 0.331. The number of hydrogen-bond donors (Lipinski definition) is 0. The van der Waals surface area contributed by atoms with Crippen LogP contribution in [0.1, 0.15) is 27.0 Å². The van der Waals surface area contributed by atoms with Crippen molar-refractivity contribution in [2.24, 2.45) is 0 Å². The number of nitrogens with zero attached hydrogens (tertiary/aromatic N) is 2. The van der Waals surface area contributed by atoms with Crippen LogP contribution < -0.4 is 4.74 Å².